The minimum atomic E-state index is 0.160. The fraction of sp³-hybridized carbons (Fsp3) is 0.200. The Morgan fingerprint density at radius 2 is 2.10 bits per heavy atom. The molecule has 0 aliphatic carbocycles. The van der Waals surface area contributed by atoms with Gasteiger partial charge in [0.25, 0.3) is 0 Å². The van der Waals surface area contributed by atoms with E-state index in [1.165, 1.54) is 0 Å². The van der Waals surface area contributed by atoms with Crippen molar-refractivity contribution in [2.45, 2.75) is 13.5 Å². The predicted octanol–water partition coefficient (Wildman–Crippen LogP) is 4.82. The number of ether oxygens (including phenoxy) is 1. The van der Waals surface area contributed by atoms with Gasteiger partial charge in [-0.2, -0.15) is 0 Å². The van der Waals surface area contributed by atoms with Gasteiger partial charge in [-0.25, -0.2) is 0 Å². The second kappa shape index (κ2) is 6.86. The number of hydrogen-bond acceptors (Lipinski definition) is 3. The quantitative estimate of drug-likeness (QED) is 0.807. The minimum Gasteiger partial charge on any atom is -0.504 e. The molecule has 5 heteroatoms. The second-order valence-corrected chi connectivity index (χ2v) is 5.50. The summed E-state index contributed by atoms with van der Waals surface area (Å²) >= 11 is 9.51. The molecule has 0 aliphatic rings. The van der Waals surface area contributed by atoms with Crippen molar-refractivity contribution in [3.8, 4) is 11.5 Å². The van der Waals surface area contributed by atoms with Gasteiger partial charge in [-0.15, -0.1) is 0 Å². The van der Waals surface area contributed by atoms with Gasteiger partial charge in [0.05, 0.1) is 17.3 Å². The number of benzene rings is 2. The highest BCUT2D eigenvalue weighted by Crippen LogP contribution is 2.31. The fourth-order valence-corrected chi connectivity index (χ4v) is 2.35. The lowest BCUT2D eigenvalue weighted by Crippen LogP contribution is -2.01. The summed E-state index contributed by atoms with van der Waals surface area (Å²) in [4.78, 5) is 0. The van der Waals surface area contributed by atoms with Crippen molar-refractivity contribution in [1.29, 1.82) is 0 Å². The molecule has 0 radical (unpaired) electrons. The molecule has 0 bridgehead atoms. The molecule has 2 aromatic rings. The molecule has 2 rings (SSSR count). The number of halogens is 2. The highest BCUT2D eigenvalue weighted by atomic mass is 79.9. The normalized spacial score (nSPS) is 10.3. The minimum absolute atomic E-state index is 0.160. The average Bonchev–Trinajstić information content (AvgIpc) is 2.43. The number of para-hydroxylation sites is 1. The smallest absolute Gasteiger partial charge is 0.162 e. The molecule has 2 aromatic carbocycles. The van der Waals surface area contributed by atoms with E-state index in [0.717, 1.165) is 15.7 Å². The Hall–Kier alpha value is -1.39. The van der Waals surface area contributed by atoms with Gasteiger partial charge in [0, 0.05) is 16.6 Å². The lowest BCUT2D eigenvalue weighted by Gasteiger charge is -2.12. The van der Waals surface area contributed by atoms with Gasteiger partial charge in [-0.3, -0.25) is 0 Å². The second-order valence-electron chi connectivity index (χ2n) is 4.17. The number of hydrogen-bond donors (Lipinski definition) is 2. The lowest BCUT2D eigenvalue weighted by molar-refractivity contribution is 0.317. The van der Waals surface area contributed by atoms with Crippen LogP contribution in [0.25, 0.3) is 0 Å². The molecule has 0 heterocycles. The Labute approximate surface area is 131 Å². The van der Waals surface area contributed by atoms with Crippen molar-refractivity contribution in [1.82, 2.24) is 0 Å². The van der Waals surface area contributed by atoms with Crippen LogP contribution in [0.2, 0.25) is 5.02 Å². The Balaban J connectivity index is 2.14. The average molecular weight is 357 g/mol. The molecule has 0 amide bonds. The summed E-state index contributed by atoms with van der Waals surface area (Å²) in [6, 6.07) is 11.0. The Morgan fingerprint density at radius 1 is 1.30 bits per heavy atom. The van der Waals surface area contributed by atoms with E-state index >= 15 is 0 Å². The fourth-order valence-electron chi connectivity index (χ4n) is 1.81. The van der Waals surface area contributed by atoms with Crippen LogP contribution >= 0.6 is 27.5 Å². The number of anilines is 1. The molecule has 2 N–H and O–H groups in total. The monoisotopic (exact) mass is 355 g/mol. The summed E-state index contributed by atoms with van der Waals surface area (Å²) in [6.45, 7) is 2.86. The van der Waals surface area contributed by atoms with Crippen LogP contribution in [0.5, 0.6) is 11.5 Å². The van der Waals surface area contributed by atoms with Crippen molar-refractivity contribution >= 4 is 33.2 Å². The predicted molar refractivity (Wildman–Crippen MR) is 85.8 cm³/mol. The molecule has 3 nitrogen and oxygen atoms in total. The van der Waals surface area contributed by atoms with Crippen LogP contribution in [-0.2, 0) is 6.54 Å². The first-order valence-corrected chi connectivity index (χ1v) is 7.41. The Bertz CT molecular complexity index is 604. The number of aromatic hydroxyl groups is 1. The van der Waals surface area contributed by atoms with Crippen LogP contribution < -0.4 is 10.1 Å². The third-order valence-electron chi connectivity index (χ3n) is 2.78. The van der Waals surface area contributed by atoms with E-state index in [2.05, 4.69) is 21.2 Å². The topological polar surface area (TPSA) is 41.5 Å². The zero-order chi connectivity index (χ0) is 14.5. The van der Waals surface area contributed by atoms with Crippen LogP contribution in [0, 0.1) is 0 Å². The van der Waals surface area contributed by atoms with Crippen LogP contribution in [0.3, 0.4) is 0 Å². The van der Waals surface area contributed by atoms with Gasteiger partial charge >= 0.3 is 0 Å². The van der Waals surface area contributed by atoms with Crippen molar-refractivity contribution < 1.29 is 9.84 Å². The molecular weight excluding hydrogens is 342 g/mol. The van der Waals surface area contributed by atoms with Gasteiger partial charge in [-0.05, 0) is 31.2 Å². The zero-order valence-electron chi connectivity index (χ0n) is 11.0. The van der Waals surface area contributed by atoms with E-state index in [1.807, 2.05) is 37.3 Å². The van der Waals surface area contributed by atoms with Gasteiger partial charge in [0.1, 0.15) is 0 Å². The zero-order valence-corrected chi connectivity index (χ0v) is 13.3. The summed E-state index contributed by atoms with van der Waals surface area (Å²) in [5.74, 6) is 0.653. The number of rotatable bonds is 5. The molecule has 106 valence electrons. The molecule has 20 heavy (non-hydrogen) atoms. The van der Waals surface area contributed by atoms with Crippen LogP contribution in [0.1, 0.15) is 12.5 Å². The SMILES string of the molecule is CCOc1cccc(CNc2cc(Br)ccc2Cl)c1O. The number of phenols is 1. The maximum absolute atomic E-state index is 10.1. The van der Waals surface area contributed by atoms with Crippen molar-refractivity contribution in [2.75, 3.05) is 11.9 Å². The molecule has 0 saturated carbocycles. The largest absolute Gasteiger partial charge is 0.504 e. The third-order valence-corrected chi connectivity index (χ3v) is 3.60. The highest BCUT2D eigenvalue weighted by molar-refractivity contribution is 9.10. The molecule has 0 atom stereocenters. The number of phenolic OH excluding ortho intramolecular Hbond substituents is 1. The molecule has 0 unspecified atom stereocenters. The van der Waals surface area contributed by atoms with E-state index in [9.17, 15) is 5.11 Å². The van der Waals surface area contributed by atoms with E-state index in [0.29, 0.717) is 23.9 Å². The van der Waals surface area contributed by atoms with Gasteiger partial charge in [-0.1, -0.05) is 39.7 Å². The maximum Gasteiger partial charge on any atom is 0.162 e. The number of nitrogens with one attached hydrogen (secondary N) is 1. The van der Waals surface area contributed by atoms with Gasteiger partial charge in [0.15, 0.2) is 11.5 Å². The maximum atomic E-state index is 10.1. The molecule has 0 saturated heterocycles. The Kier molecular flexibility index (Phi) is 5.15. The van der Waals surface area contributed by atoms with E-state index in [1.54, 1.807) is 6.07 Å². The van der Waals surface area contributed by atoms with Crippen LogP contribution in [0.4, 0.5) is 5.69 Å². The van der Waals surface area contributed by atoms with Gasteiger partial charge < -0.3 is 15.2 Å². The summed E-state index contributed by atoms with van der Waals surface area (Å²) < 4.78 is 6.30. The van der Waals surface area contributed by atoms with Crippen LogP contribution in [-0.4, -0.2) is 11.7 Å². The van der Waals surface area contributed by atoms with E-state index in [-0.39, 0.29) is 5.75 Å². The highest BCUT2D eigenvalue weighted by Gasteiger charge is 2.08. The first-order valence-electron chi connectivity index (χ1n) is 6.24. The first kappa shape index (κ1) is 15.0. The van der Waals surface area contributed by atoms with Gasteiger partial charge in [0.2, 0.25) is 0 Å². The summed E-state index contributed by atoms with van der Waals surface area (Å²) in [7, 11) is 0. The van der Waals surface area contributed by atoms with Crippen molar-refractivity contribution in [3.05, 3.63) is 51.5 Å². The molecule has 0 aliphatic heterocycles. The van der Waals surface area contributed by atoms with E-state index in [4.69, 9.17) is 16.3 Å². The summed E-state index contributed by atoms with van der Waals surface area (Å²) in [5.41, 5.74) is 1.56. The molecule has 0 fully saturated rings. The van der Waals surface area contributed by atoms with Crippen LogP contribution in [0.15, 0.2) is 40.9 Å². The van der Waals surface area contributed by atoms with Crippen molar-refractivity contribution in [3.63, 3.8) is 0 Å². The molecular formula is C15H15BrClNO2. The summed E-state index contributed by atoms with van der Waals surface area (Å²) in [5, 5.41) is 14.0. The summed E-state index contributed by atoms with van der Waals surface area (Å²) in [6.07, 6.45) is 0. The van der Waals surface area contributed by atoms with Crippen molar-refractivity contribution in [2.24, 2.45) is 0 Å². The lowest BCUT2D eigenvalue weighted by atomic mass is 10.2. The Morgan fingerprint density at radius 3 is 2.85 bits per heavy atom. The molecule has 0 aromatic heterocycles. The van der Waals surface area contributed by atoms with E-state index < -0.39 is 0 Å². The molecule has 0 spiro atoms. The first-order chi connectivity index (χ1) is 9.61. The standard InChI is InChI=1S/C15H15BrClNO2/c1-2-20-14-5-3-4-10(15(14)19)9-18-13-8-11(16)6-7-12(13)17/h3-8,18-19H,2,9H2,1H3. The third kappa shape index (κ3) is 3.58.